The molecule has 0 bridgehead atoms. The van der Waals surface area contributed by atoms with Crippen molar-refractivity contribution in [1.82, 2.24) is 9.88 Å². The van der Waals surface area contributed by atoms with Gasteiger partial charge in [-0.25, -0.2) is 0 Å². The van der Waals surface area contributed by atoms with Crippen molar-refractivity contribution < 1.29 is 4.74 Å². The highest BCUT2D eigenvalue weighted by Crippen LogP contribution is 2.36. The molecule has 136 valence electrons. The minimum atomic E-state index is -0.456. The Hall–Kier alpha value is -2.01. The molecule has 0 atom stereocenters. The van der Waals surface area contributed by atoms with Crippen molar-refractivity contribution in [3.05, 3.63) is 75.2 Å². The largest absolute Gasteiger partial charge is 0.480 e. The maximum atomic E-state index is 12.4. The Morgan fingerprint density at radius 2 is 1.96 bits per heavy atom. The number of rotatable bonds is 3. The number of ether oxygens (including phenoxy) is 1. The average Bonchev–Trinajstić information content (AvgIpc) is 2.58. The molecule has 1 aromatic heterocycles. The van der Waals surface area contributed by atoms with Crippen LogP contribution in [0.4, 0.5) is 0 Å². The number of nitrogens with one attached hydrogen (secondary N) is 1. The summed E-state index contributed by atoms with van der Waals surface area (Å²) in [5.41, 5.74) is 1.63. The van der Waals surface area contributed by atoms with Crippen LogP contribution in [-0.2, 0) is 12.6 Å². The Morgan fingerprint density at radius 3 is 2.65 bits per heavy atom. The third-order valence-electron chi connectivity index (χ3n) is 4.95. The predicted octanol–water partition coefficient (Wildman–Crippen LogP) is 3.80. The van der Waals surface area contributed by atoms with Crippen LogP contribution in [0.2, 0.25) is 5.02 Å². The van der Waals surface area contributed by atoms with E-state index < -0.39 is 5.60 Å². The minimum Gasteiger partial charge on any atom is -0.480 e. The van der Waals surface area contributed by atoms with Crippen molar-refractivity contribution in [3.63, 3.8) is 0 Å². The number of fused-ring (bicyclic) bond motifs is 1. The molecule has 1 aliphatic heterocycles. The van der Waals surface area contributed by atoms with Crippen LogP contribution in [0.1, 0.15) is 11.1 Å². The zero-order chi connectivity index (χ0) is 17.6. The van der Waals surface area contributed by atoms with Crippen LogP contribution in [0.3, 0.4) is 0 Å². The molecule has 6 heteroatoms. The van der Waals surface area contributed by atoms with E-state index in [9.17, 15) is 4.79 Å². The molecule has 0 amide bonds. The molecular formula is C20H20Cl2N2O2. The summed E-state index contributed by atoms with van der Waals surface area (Å²) in [5, 5.41) is 5.60. The molecule has 3 aromatic rings. The fraction of sp³-hybridized carbons (Fsp3) is 0.250. The van der Waals surface area contributed by atoms with Gasteiger partial charge in [-0.1, -0.05) is 29.8 Å². The van der Waals surface area contributed by atoms with Gasteiger partial charge in [0, 0.05) is 36.9 Å². The van der Waals surface area contributed by atoms with Crippen LogP contribution < -0.4 is 15.6 Å². The lowest BCUT2D eigenvalue weighted by molar-refractivity contribution is 0.0117. The van der Waals surface area contributed by atoms with E-state index in [1.165, 1.54) is 0 Å². The summed E-state index contributed by atoms with van der Waals surface area (Å²) >= 11 is 6.30. The van der Waals surface area contributed by atoms with Crippen LogP contribution in [0.5, 0.6) is 5.75 Å². The maximum absolute atomic E-state index is 12.4. The van der Waals surface area contributed by atoms with E-state index in [-0.39, 0.29) is 18.0 Å². The molecule has 4 nitrogen and oxygen atoms in total. The number of benzene rings is 2. The number of aryl methyl sites for hydroxylation is 1. The van der Waals surface area contributed by atoms with Crippen LogP contribution in [0.15, 0.2) is 53.5 Å². The van der Waals surface area contributed by atoms with Crippen molar-refractivity contribution in [3.8, 4) is 5.75 Å². The second kappa shape index (κ2) is 6.95. The quantitative estimate of drug-likeness (QED) is 0.739. The molecule has 1 N–H and O–H groups in total. The standard InChI is InChI=1S/C20H19ClN2O2.ClH/c1-13-17(4-3-5-18(13)21)20(11-22-12-20)25-15-7-6-14-8-9-23(2)19(24)16(14)10-15;/h3-10,22H,11-12H2,1-2H3;1H. The summed E-state index contributed by atoms with van der Waals surface area (Å²) in [4.78, 5) is 12.4. The Labute approximate surface area is 163 Å². The van der Waals surface area contributed by atoms with E-state index >= 15 is 0 Å². The molecule has 0 unspecified atom stereocenters. The number of aromatic nitrogens is 1. The van der Waals surface area contributed by atoms with Gasteiger partial charge in [0.05, 0.1) is 5.39 Å². The fourth-order valence-electron chi connectivity index (χ4n) is 3.38. The van der Waals surface area contributed by atoms with Gasteiger partial charge in [-0.15, -0.1) is 12.4 Å². The average molecular weight is 391 g/mol. The first-order valence-electron chi connectivity index (χ1n) is 8.25. The van der Waals surface area contributed by atoms with Crippen molar-refractivity contribution in [2.24, 2.45) is 7.05 Å². The lowest BCUT2D eigenvalue weighted by Gasteiger charge is -2.44. The van der Waals surface area contributed by atoms with Gasteiger partial charge in [0.15, 0.2) is 5.60 Å². The number of nitrogens with zero attached hydrogens (tertiary/aromatic N) is 1. The first-order chi connectivity index (χ1) is 12.0. The van der Waals surface area contributed by atoms with E-state index in [0.717, 1.165) is 21.5 Å². The molecule has 4 rings (SSSR count). The zero-order valence-electron chi connectivity index (χ0n) is 14.6. The van der Waals surface area contributed by atoms with Crippen molar-refractivity contribution in [2.45, 2.75) is 12.5 Å². The van der Waals surface area contributed by atoms with E-state index in [0.29, 0.717) is 24.2 Å². The normalized spacial score (nSPS) is 15.2. The van der Waals surface area contributed by atoms with Gasteiger partial charge in [0.1, 0.15) is 5.75 Å². The molecule has 2 aromatic carbocycles. The van der Waals surface area contributed by atoms with E-state index in [2.05, 4.69) is 11.4 Å². The smallest absolute Gasteiger partial charge is 0.258 e. The molecule has 26 heavy (non-hydrogen) atoms. The topological polar surface area (TPSA) is 43.3 Å². The SMILES string of the molecule is Cc1c(Cl)cccc1C1(Oc2ccc3ccn(C)c(=O)c3c2)CNC1.Cl. The molecule has 0 spiro atoms. The summed E-state index contributed by atoms with van der Waals surface area (Å²) in [6.07, 6.45) is 1.78. The lowest BCUT2D eigenvalue weighted by atomic mass is 9.85. The van der Waals surface area contributed by atoms with Gasteiger partial charge < -0.3 is 14.6 Å². The van der Waals surface area contributed by atoms with Crippen LogP contribution in [-0.4, -0.2) is 17.7 Å². The molecular weight excluding hydrogens is 371 g/mol. The van der Waals surface area contributed by atoms with Crippen LogP contribution in [0, 0.1) is 6.92 Å². The highest BCUT2D eigenvalue weighted by atomic mass is 35.5. The van der Waals surface area contributed by atoms with Crippen molar-refractivity contribution in [1.29, 1.82) is 0 Å². The number of hydrogen-bond acceptors (Lipinski definition) is 3. The van der Waals surface area contributed by atoms with E-state index in [1.54, 1.807) is 17.8 Å². The molecule has 2 heterocycles. The summed E-state index contributed by atoms with van der Waals surface area (Å²) in [6, 6.07) is 13.5. The summed E-state index contributed by atoms with van der Waals surface area (Å²) in [6.45, 7) is 3.43. The monoisotopic (exact) mass is 390 g/mol. The van der Waals surface area contributed by atoms with Crippen molar-refractivity contribution >= 4 is 34.8 Å². The third-order valence-corrected chi connectivity index (χ3v) is 5.36. The Balaban J connectivity index is 0.00000196. The second-order valence-corrected chi connectivity index (χ2v) is 7.00. The molecule has 1 aliphatic rings. The van der Waals surface area contributed by atoms with Gasteiger partial charge >= 0.3 is 0 Å². The second-order valence-electron chi connectivity index (χ2n) is 6.59. The highest BCUT2D eigenvalue weighted by molar-refractivity contribution is 6.31. The van der Waals surface area contributed by atoms with Gasteiger partial charge in [-0.3, -0.25) is 4.79 Å². The molecule has 0 radical (unpaired) electrons. The van der Waals surface area contributed by atoms with Crippen LogP contribution in [0.25, 0.3) is 10.8 Å². The molecule has 1 fully saturated rings. The maximum Gasteiger partial charge on any atom is 0.258 e. The number of halogens is 2. The number of pyridine rings is 1. The molecule has 1 saturated heterocycles. The summed E-state index contributed by atoms with van der Waals surface area (Å²) < 4.78 is 7.97. The Bertz CT molecular complexity index is 1030. The lowest BCUT2D eigenvalue weighted by Crippen LogP contribution is -2.60. The Kier molecular flexibility index (Phi) is 5.02. The Morgan fingerprint density at radius 1 is 1.19 bits per heavy atom. The fourth-order valence-corrected chi connectivity index (χ4v) is 3.55. The van der Waals surface area contributed by atoms with E-state index in [4.69, 9.17) is 16.3 Å². The molecule has 0 saturated carbocycles. The first-order valence-corrected chi connectivity index (χ1v) is 8.63. The third kappa shape index (κ3) is 2.98. The van der Waals surface area contributed by atoms with Crippen molar-refractivity contribution in [2.75, 3.05) is 13.1 Å². The van der Waals surface area contributed by atoms with Gasteiger partial charge in [-0.2, -0.15) is 0 Å². The van der Waals surface area contributed by atoms with Gasteiger partial charge in [0.2, 0.25) is 0 Å². The van der Waals surface area contributed by atoms with Gasteiger partial charge in [0.25, 0.3) is 5.56 Å². The van der Waals surface area contributed by atoms with Crippen LogP contribution >= 0.6 is 24.0 Å². The minimum absolute atomic E-state index is 0. The predicted molar refractivity (Wildman–Crippen MR) is 108 cm³/mol. The summed E-state index contributed by atoms with van der Waals surface area (Å²) in [7, 11) is 1.75. The van der Waals surface area contributed by atoms with Gasteiger partial charge in [-0.05, 0) is 42.1 Å². The first kappa shape index (κ1) is 18.8. The number of hydrogen-bond donors (Lipinski definition) is 1. The molecule has 0 aliphatic carbocycles. The zero-order valence-corrected chi connectivity index (χ0v) is 16.2. The van der Waals surface area contributed by atoms with E-state index in [1.807, 2.05) is 43.3 Å². The summed E-state index contributed by atoms with van der Waals surface area (Å²) in [5.74, 6) is 0.691. The highest BCUT2D eigenvalue weighted by Gasteiger charge is 2.42.